The minimum absolute atomic E-state index is 0.119. The number of ether oxygens (including phenoxy) is 1. The fraction of sp³-hybridized carbons (Fsp3) is 0.529. The van der Waals surface area contributed by atoms with Crippen molar-refractivity contribution in [3.05, 3.63) is 24.3 Å². The topological polar surface area (TPSA) is 99.3 Å². The maximum absolute atomic E-state index is 12.3. The zero-order valence-electron chi connectivity index (χ0n) is 15.8. The lowest BCUT2D eigenvalue weighted by Gasteiger charge is -2.33. The van der Waals surface area contributed by atoms with E-state index in [9.17, 15) is 18.0 Å². The van der Waals surface area contributed by atoms with Crippen molar-refractivity contribution in [1.29, 1.82) is 0 Å². The Balaban J connectivity index is 1.89. The van der Waals surface area contributed by atoms with Crippen LogP contribution < -0.4 is 5.32 Å². The molecule has 9 nitrogen and oxygen atoms in total. The minimum Gasteiger partial charge on any atom is -0.450 e. The van der Waals surface area contributed by atoms with Crippen molar-refractivity contribution in [3.63, 3.8) is 0 Å². The highest BCUT2D eigenvalue weighted by Crippen LogP contribution is 2.18. The molecule has 10 heteroatoms. The van der Waals surface area contributed by atoms with Gasteiger partial charge in [-0.25, -0.2) is 17.5 Å². The third kappa shape index (κ3) is 5.65. The van der Waals surface area contributed by atoms with Gasteiger partial charge in [-0.15, -0.1) is 0 Å². The van der Waals surface area contributed by atoms with Crippen LogP contribution in [-0.2, 0) is 19.6 Å². The first-order chi connectivity index (χ1) is 12.7. The summed E-state index contributed by atoms with van der Waals surface area (Å²) in [5.41, 5.74) is 0.424. The molecule has 0 aliphatic carbocycles. The van der Waals surface area contributed by atoms with Gasteiger partial charge in [0.05, 0.1) is 18.0 Å². The van der Waals surface area contributed by atoms with E-state index < -0.39 is 10.0 Å². The number of benzene rings is 1. The van der Waals surface area contributed by atoms with E-state index in [1.54, 1.807) is 24.0 Å². The Morgan fingerprint density at radius 3 is 2.44 bits per heavy atom. The summed E-state index contributed by atoms with van der Waals surface area (Å²) in [4.78, 5) is 27.6. The number of rotatable bonds is 6. The highest BCUT2D eigenvalue weighted by atomic mass is 32.2. The summed E-state index contributed by atoms with van der Waals surface area (Å²) in [7, 11) is -0.649. The van der Waals surface area contributed by atoms with Gasteiger partial charge in [-0.1, -0.05) is 6.07 Å². The molecular formula is C17H26N4O5S. The third-order valence-corrected chi connectivity index (χ3v) is 5.97. The molecule has 2 rings (SSSR count). The van der Waals surface area contributed by atoms with E-state index in [2.05, 4.69) is 5.32 Å². The van der Waals surface area contributed by atoms with Gasteiger partial charge in [-0.2, -0.15) is 0 Å². The molecule has 27 heavy (non-hydrogen) atoms. The molecular weight excluding hydrogens is 372 g/mol. The van der Waals surface area contributed by atoms with Gasteiger partial charge in [0.1, 0.15) is 0 Å². The number of hydrogen-bond acceptors (Lipinski definition) is 6. The highest BCUT2D eigenvalue weighted by molar-refractivity contribution is 7.89. The van der Waals surface area contributed by atoms with Gasteiger partial charge in [0.15, 0.2) is 0 Å². The number of sulfonamides is 1. The molecule has 1 aliphatic rings. The Bertz CT molecular complexity index is 773. The van der Waals surface area contributed by atoms with E-state index in [0.29, 0.717) is 38.5 Å². The number of carbonyl (C=O) groups is 2. The molecule has 1 fully saturated rings. The molecule has 1 aliphatic heterocycles. The fourth-order valence-electron chi connectivity index (χ4n) is 2.65. The van der Waals surface area contributed by atoms with Crippen LogP contribution in [0.25, 0.3) is 0 Å². The Morgan fingerprint density at radius 1 is 1.19 bits per heavy atom. The molecule has 0 bridgehead atoms. The maximum Gasteiger partial charge on any atom is 0.409 e. The Labute approximate surface area is 159 Å². The lowest BCUT2D eigenvalue weighted by molar-refractivity contribution is -0.117. The highest BCUT2D eigenvalue weighted by Gasteiger charge is 2.23. The number of piperazine rings is 1. The molecule has 150 valence electrons. The summed E-state index contributed by atoms with van der Waals surface area (Å²) < 4.78 is 30.5. The second kappa shape index (κ2) is 9.16. The zero-order valence-corrected chi connectivity index (χ0v) is 16.7. The largest absolute Gasteiger partial charge is 0.450 e. The lowest BCUT2D eigenvalue weighted by atomic mass is 10.3. The van der Waals surface area contributed by atoms with Crippen LogP contribution in [0.15, 0.2) is 29.2 Å². The smallest absolute Gasteiger partial charge is 0.409 e. The van der Waals surface area contributed by atoms with Crippen LogP contribution in [0, 0.1) is 0 Å². The molecule has 0 radical (unpaired) electrons. The summed E-state index contributed by atoms with van der Waals surface area (Å²) in [6.07, 6.45) is -0.333. The number of hydrogen-bond donors (Lipinski definition) is 1. The van der Waals surface area contributed by atoms with Crippen LogP contribution in [0.3, 0.4) is 0 Å². The average molecular weight is 398 g/mol. The normalized spacial score (nSPS) is 15.6. The number of nitrogens with one attached hydrogen (secondary N) is 1. The molecule has 0 aromatic heterocycles. The van der Waals surface area contributed by atoms with Crippen molar-refractivity contribution in [2.75, 3.05) is 58.7 Å². The Hall–Kier alpha value is -2.17. The van der Waals surface area contributed by atoms with Crippen molar-refractivity contribution in [2.45, 2.75) is 11.8 Å². The van der Waals surface area contributed by atoms with Gasteiger partial charge >= 0.3 is 6.09 Å². The average Bonchev–Trinajstić information content (AvgIpc) is 2.62. The van der Waals surface area contributed by atoms with Crippen LogP contribution in [0.4, 0.5) is 10.5 Å². The number of anilines is 1. The maximum atomic E-state index is 12.3. The van der Waals surface area contributed by atoms with E-state index in [0.717, 1.165) is 4.31 Å². The van der Waals surface area contributed by atoms with Crippen LogP contribution >= 0.6 is 0 Å². The fourth-order valence-corrected chi connectivity index (χ4v) is 3.60. The summed E-state index contributed by atoms with van der Waals surface area (Å²) in [6.45, 7) is 4.41. The van der Waals surface area contributed by atoms with Crippen molar-refractivity contribution in [2.24, 2.45) is 0 Å². The molecule has 1 aromatic rings. The summed E-state index contributed by atoms with van der Waals surface area (Å²) >= 11 is 0. The predicted molar refractivity (Wildman–Crippen MR) is 101 cm³/mol. The molecule has 1 saturated heterocycles. The third-order valence-electron chi connectivity index (χ3n) is 4.16. The number of amides is 2. The van der Waals surface area contributed by atoms with Crippen molar-refractivity contribution in [3.8, 4) is 0 Å². The van der Waals surface area contributed by atoms with Crippen LogP contribution in [0.5, 0.6) is 0 Å². The number of nitrogens with zero attached hydrogens (tertiary/aromatic N) is 3. The van der Waals surface area contributed by atoms with Crippen molar-refractivity contribution >= 4 is 27.7 Å². The first kappa shape index (κ1) is 21.1. The van der Waals surface area contributed by atoms with Crippen molar-refractivity contribution < 1.29 is 22.7 Å². The van der Waals surface area contributed by atoms with Crippen molar-refractivity contribution in [1.82, 2.24) is 14.1 Å². The summed E-state index contributed by atoms with van der Waals surface area (Å²) in [5, 5.41) is 2.73. The van der Waals surface area contributed by atoms with E-state index >= 15 is 0 Å². The second-order valence-electron chi connectivity index (χ2n) is 6.33. The van der Waals surface area contributed by atoms with Gasteiger partial charge in [0, 0.05) is 46.0 Å². The molecule has 0 unspecified atom stereocenters. The monoisotopic (exact) mass is 398 g/mol. The van der Waals surface area contributed by atoms with E-state index in [4.69, 9.17) is 4.74 Å². The quantitative estimate of drug-likeness (QED) is 0.755. The zero-order chi connectivity index (χ0) is 20.0. The van der Waals surface area contributed by atoms with E-state index in [1.165, 1.54) is 26.2 Å². The molecule has 0 spiro atoms. The first-order valence-corrected chi connectivity index (χ1v) is 10.1. The molecule has 0 saturated carbocycles. The summed E-state index contributed by atoms with van der Waals surface area (Å²) in [5.74, 6) is -0.237. The molecule has 1 N–H and O–H groups in total. The van der Waals surface area contributed by atoms with E-state index in [1.807, 2.05) is 4.90 Å². The minimum atomic E-state index is -3.56. The molecule has 0 atom stereocenters. The van der Waals surface area contributed by atoms with Crippen LogP contribution in [0.1, 0.15) is 6.92 Å². The lowest BCUT2D eigenvalue weighted by Crippen LogP contribution is -2.50. The predicted octanol–water partition coefficient (Wildman–Crippen LogP) is 0.650. The van der Waals surface area contributed by atoms with Crippen LogP contribution in [-0.4, -0.2) is 87.9 Å². The van der Waals surface area contributed by atoms with Gasteiger partial charge in [0.25, 0.3) is 0 Å². The van der Waals surface area contributed by atoms with E-state index in [-0.39, 0.29) is 23.4 Å². The first-order valence-electron chi connectivity index (χ1n) is 8.70. The van der Waals surface area contributed by atoms with Gasteiger partial charge < -0.3 is 15.0 Å². The van der Waals surface area contributed by atoms with Gasteiger partial charge in [0.2, 0.25) is 15.9 Å². The molecule has 1 heterocycles. The van der Waals surface area contributed by atoms with Gasteiger partial charge in [-0.3, -0.25) is 9.69 Å². The van der Waals surface area contributed by atoms with Crippen LogP contribution in [0.2, 0.25) is 0 Å². The second-order valence-corrected chi connectivity index (χ2v) is 8.48. The Kier molecular flexibility index (Phi) is 7.17. The Morgan fingerprint density at radius 2 is 1.85 bits per heavy atom. The molecule has 1 aromatic carbocycles. The van der Waals surface area contributed by atoms with Gasteiger partial charge in [-0.05, 0) is 25.1 Å². The standard InChI is InChI=1S/C17H26N4O5S/c1-4-26-17(23)21-10-8-20(9-11-21)13-16(22)18-14-6-5-7-15(12-14)27(24,25)19(2)3/h5-7,12H,4,8-11,13H2,1-3H3,(H,18,22). The number of carbonyl (C=O) groups excluding carboxylic acids is 2. The SMILES string of the molecule is CCOC(=O)N1CCN(CC(=O)Nc2cccc(S(=O)(=O)N(C)C)c2)CC1. The summed E-state index contributed by atoms with van der Waals surface area (Å²) in [6, 6.07) is 6.15. The molecule has 2 amide bonds.